The molecule has 0 unspecified atom stereocenters. The SMILES string of the molecule is CC(=Nn1c(-c2ccc3c(c2)NC(=O)CO3)csc1=Nc1ccccc1)c1cccnc1. The third-order valence-electron chi connectivity index (χ3n) is 4.90. The van der Waals surface area contributed by atoms with Gasteiger partial charge in [0.1, 0.15) is 5.75 Å². The fourth-order valence-corrected chi connectivity index (χ4v) is 4.16. The summed E-state index contributed by atoms with van der Waals surface area (Å²) in [6.45, 7) is 1.97. The van der Waals surface area contributed by atoms with E-state index in [1.54, 1.807) is 12.4 Å². The van der Waals surface area contributed by atoms with Crippen LogP contribution in [-0.4, -0.2) is 27.9 Å². The molecule has 1 amide bonds. The maximum Gasteiger partial charge on any atom is 0.262 e. The monoisotopic (exact) mass is 441 g/mol. The minimum Gasteiger partial charge on any atom is -0.482 e. The summed E-state index contributed by atoms with van der Waals surface area (Å²) in [5.41, 5.74) is 4.97. The topological polar surface area (TPSA) is 80.9 Å². The Hall–Kier alpha value is -4.04. The molecule has 5 rings (SSSR count). The third kappa shape index (κ3) is 4.08. The number of thiazole rings is 1. The molecule has 158 valence electrons. The van der Waals surface area contributed by atoms with Gasteiger partial charge < -0.3 is 10.1 Å². The van der Waals surface area contributed by atoms with Gasteiger partial charge in [0.25, 0.3) is 5.91 Å². The van der Waals surface area contributed by atoms with Gasteiger partial charge in [-0.15, -0.1) is 11.3 Å². The van der Waals surface area contributed by atoms with E-state index < -0.39 is 0 Å². The van der Waals surface area contributed by atoms with Crippen molar-refractivity contribution in [1.29, 1.82) is 0 Å². The van der Waals surface area contributed by atoms with Crippen molar-refractivity contribution in [3.63, 3.8) is 0 Å². The van der Waals surface area contributed by atoms with Crippen LogP contribution >= 0.6 is 11.3 Å². The van der Waals surface area contributed by atoms with Gasteiger partial charge in [0.2, 0.25) is 4.80 Å². The van der Waals surface area contributed by atoms with Gasteiger partial charge in [-0.25, -0.2) is 9.67 Å². The molecule has 0 radical (unpaired) electrons. The number of rotatable bonds is 4. The maximum absolute atomic E-state index is 11.8. The Morgan fingerprint density at radius 2 is 2.03 bits per heavy atom. The van der Waals surface area contributed by atoms with Crippen LogP contribution in [0, 0.1) is 0 Å². The predicted molar refractivity (Wildman–Crippen MR) is 125 cm³/mol. The summed E-state index contributed by atoms with van der Waals surface area (Å²) in [6.07, 6.45) is 3.52. The van der Waals surface area contributed by atoms with E-state index in [9.17, 15) is 4.79 Å². The zero-order chi connectivity index (χ0) is 21.9. The normalized spacial score (nSPS) is 14.0. The second-order valence-corrected chi connectivity index (χ2v) is 7.97. The molecule has 0 atom stereocenters. The highest BCUT2D eigenvalue weighted by atomic mass is 32.1. The lowest BCUT2D eigenvalue weighted by Gasteiger charge is -2.18. The number of pyridine rings is 1. The molecule has 0 aliphatic carbocycles. The predicted octanol–water partition coefficient (Wildman–Crippen LogP) is 4.45. The van der Waals surface area contributed by atoms with E-state index in [-0.39, 0.29) is 12.5 Å². The van der Waals surface area contributed by atoms with E-state index in [0.717, 1.165) is 33.0 Å². The molecule has 7 nitrogen and oxygen atoms in total. The number of carbonyl (C=O) groups is 1. The van der Waals surface area contributed by atoms with Crippen molar-refractivity contribution in [3.8, 4) is 17.0 Å². The summed E-state index contributed by atoms with van der Waals surface area (Å²) in [5, 5.41) is 9.75. The zero-order valence-corrected chi connectivity index (χ0v) is 18.0. The number of benzene rings is 2. The highest BCUT2D eigenvalue weighted by molar-refractivity contribution is 7.07. The van der Waals surface area contributed by atoms with Crippen LogP contribution in [0.3, 0.4) is 0 Å². The van der Waals surface area contributed by atoms with Crippen LogP contribution in [0.25, 0.3) is 11.3 Å². The third-order valence-corrected chi connectivity index (χ3v) is 5.72. The first-order chi connectivity index (χ1) is 15.7. The standard InChI is InChI=1S/C24H19N5O2S/c1-16(18-6-5-11-25-13-18)28-29-21(15-32-24(29)26-19-7-3-2-4-8-19)17-9-10-22-20(12-17)27-23(30)14-31-22/h2-13,15H,14H2,1H3,(H,27,30). The van der Waals surface area contributed by atoms with Gasteiger partial charge in [0.15, 0.2) is 6.61 Å². The molecule has 0 fully saturated rings. The molecule has 2 aromatic carbocycles. The van der Waals surface area contributed by atoms with E-state index in [0.29, 0.717) is 11.4 Å². The van der Waals surface area contributed by atoms with E-state index in [1.807, 2.05) is 77.6 Å². The van der Waals surface area contributed by atoms with E-state index >= 15 is 0 Å². The van der Waals surface area contributed by atoms with Gasteiger partial charge in [-0.1, -0.05) is 24.3 Å². The quantitative estimate of drug-likeness (QED) is 0.475. The lowest BCUT2D eigenvalue weighted by atomic mass is 10.1. The summed E-state index contributed by atoms with van der Waals surface area (Å²) in [5.74, 6) is 0.484. The summed E-state index contributed by atoms with van der Waals surface area (Å²) >= 11 is 1.50. The van der Waals surface area contributed by atoms with Crippen molar-refractivity contribution in [2.75, 3.05) is 11.9 Å². The number of amides is 1. The van der Waals surface area contributed by atoms with Gasteiger partial charge >= 0.3 is 0 Å². The highest BCUT2D eigenvalue weighted by Crippen LogP contribution is 2.33. The van der Waals surface area contributed by atoms with Crippen LogP contribution in [0.1, 0.15) is 12.5 Å². The number of ether oxygens (including phenoxy) is 1. The number of anilines is 1. The van der Waals surface area contributed by atoms with Crippen molar-refractivity contribution < 1.29 is 9.53 Å². The lowest BCUT2D eigenvalue weighted by Crippen LogP contribution is -2.25. The Balaban J connectivity index is 1.66. The minimum absolute atomic E-state index is 0.0273. The van der Waals surface area contributed by atoms with E-state index in [1.165, 1.54) is 11.3 Å². The maximum atomic E-state index is 11.8. The van der Waals surface area contributed by atoms with E-state index in [4.69, 9.17) is 14.8 Å². The molecule has 0 spiro atoms. The average Bonchev–Trinajstić information content (AvgIpc) is 3.21. The van der Waals surface area contributed by atoms with Gasteiger partial charge in [-0.05, 0) is 43.3 Å². The van der Waals surface area contributed by atoms with Crippen LogP contribution in [0.2, 0.25) is 0 Å². The molecular formula is C24H19N5O2S. The molecule has 1 aliphatic rings. The zero-order valence-electron chi connectivity index (χ0n) is 17.2. The lowest BCUT2D eigenvalue weighted by molar-refractivity contribution is -0.118. The molecule has 32 heavy (non-hydrogen) atoms. The molecule has 8 heteroatoms. The number of aromatic nitrogens is 2. The van der Waals surface area contributed by atoms with E-state index in [2.05, 4.69) is 10.3 Å². The summed E-state index contributed by atoms with van der Waals surface area (Å²) in [4.78, 5) is 21.5. The number of hydrogen-bond acceptors (Lipinski definition) is 6. The van der Waals surface area contributed by atoms with Crippen LogP contribution in [0.5, 0.6) is 5.75 Å². The van der Waals surface area contributed by atoms with Crippen molar-refractivity contribution in [1.82, 2.24) is 9.66 Å². The molecule has 1 N–H and O–H groups in total. The summed E-state index contributed by atoms with van der Waals surface area (Å²) in [7, 11) is 0. The minimum atomic E-state index is -0.168. The first kappa shape index (κ1) is 19.9. The number of nitrogens with one attached hydrogen (secondary N) is 1. The van der Waals surface area contributed by atoms with Crippen molar-refractivity contribution in [3.05, 3.63) is 88.8 Å². The smallest absolute Gasteiger partial charge is 0.262 e. The molecule has 3 heterocycles. The summed E-state index contributed by atoms with van der Waals surface area (Å²) < 4.78 is 7.32. The molecule has 2 aromatic heterocycles. The van der Waals surface area contributed by atoms with Gasteiger partial charge in [-0.2, -0.15) is 5.10 Å². The second kappa shape index (κ2) is 8.60. The van der Waals surface area contributed by atoms with Gasteiger partial charge in [-0.3, -0.25) is 9.78 Å². The Bertz CT molecular complexity index is 1370. The molecular weight excluding hydrogens is 422 g/mol. The Kier molecular flexibility index (Phi) is 5.35. The fourth-order valence-electron chi connectivity index (χ4n) is 3.31. The number of fused-ring (bicyclic) bond motifs is 1. The van der Waals surface area contributed by atoms with Crippen LogP contribution in [0.15, 0.2) is 88.5 Å². The fraction of sp³-hybridized carbons (Fsp3) is 0.0833. The van der Waals surface area contributed by atoms with Crippen molar-refractivity contribution >= 4 is 34.3 Å². The molecule has 4 aromatic rings. The average molecular weight is 442 g/mol. The molecule has 1 aliphatic heterocycles. The van der Waals surface area contributed by atoms with Gasteiger partial charge in [0.05, 0.1) is 22.8 Å². The molecule has 0 saturated heterocycles. The first-order valence-electron chi connectivity index (χ1n) is 10.0. The Labute approximate surface area is 188 Å². The Morgan fingerprint density at radius 3 is 2.84 bits per heavy atom. The molecule has 0 bridgehead atoms. The van der Waals surface area contributed by atoms with Gasteiger partial charge in [0, 0.05) is 28.9 Å². The number of para-hydroxylation sites is 1. The molecule has 0 saturated carbocycles. The van der Waals surface area contributed by atoms with Crippen molar-refractivity contribution in [2.45, 2.75) is 6.92 Å². The number of hydrogen-bond donors (Lipinski definition) is 1. The highest BCUT2D eigenvalue weighted by Gasteiger charge is 2.18. The first-order valence-corrected chi connectivity index (χ1v) is 10.9. The number of carbonyl (C=O) groups excluding carboxylic acids is 1. The summed E-state index contributed by atoms with van der Waals surface area (Å²) in [6, 6.07) is 19.3. The Morgan fingerprint density at radius 1 is 1.16 bits per heavy atom. The van der Waals surface area contributed by atoms with Crippen molar-refractivity contribution in [2.24, 2.45) is 10.1 Å². The van der Waals surface area contributed by atoms with Crippen LogP contribution in [0.4, 0.5) is 11.4 Å². The largest absolute Gasteiger partial charge is 0.482 e. The second-order valence-electron chi connectivity index (χ2n) is 7.14. The van der Waals surface area contributed by atoms with Crippen LogP contribution in [-0.2, 0) is 4.79 Å². The van der Waals surface area contributed by atoms with Crippen LogP contribution < -0.4 is 14.9 Å². The number of nitrogens with zero attached hydrogens (tertiary/aromatic N) is 4.